The Morgan fingerprint density at radius 2 is 1.75 bits per heavy atom. The summed E-state index contributed by atoms with van der Waals surface area (Å²) in [6, 6.07) is 10.6. The minimum Gasteiger partial charge on any atom is -0.367 e. The molecule has 3 aliphatic rings. The molecule has 0 spiro atoms. The van der Waals surface area contributed by atoms with Crippen molar-refractivity contribution in [2.45, 2.75) is 32.2 Å². The lowest BCUT2D eigenvalue weighted by atomic mass is 10.0. The molecule has 0 unspecified atom stereocenters. The van der Waals surface area contributed by atoms with Crippen LogP contribution in [0.5, 0.6) is 0 Å². The van der Waals surface area contributed by atoms with Crippen molar-refractivity contribution in [1.29, 1.82) is 0 Å². The maximum atomic E-state index is 15.1. The van der Waals surface area contributed by atoms with Gasteiger partial charge in [-0.15, -0.1) is 0 Å². The minimum atomic E-state index is -0.372. The number of likely N-dealkylation sites (N-methyl/N-ethyl adjacent to an activating group) is 1. The average molecular weight is 545 g/mol. The quantitative estimate of drug-likeness (QED) is 0.513. The van der Waals surface area contributed by atoms with Crippen LogP contribution in [0.2, 0.25) is 0 Å². The Bertz CT molecular complexity index is 1480. The summed E-state index contributed by atoms with van der Waals surface area (Å²) >= 11 is 0. The van der Waals surface area contributed by atoms with Gasteiger partial charge in [-0.25, -0.2) is 9.37 Å². The monoisotopic (exact) mass is 544 g/mol. The van der Waals surface area contributed by atoms with Gasteiger partial charge in [0.05, 0.1) is 16.6 Å². The van der Waals surface area contributed by atoms with Gasteiger partial charge < -0.3 is 20.0 Å². The molecule has 0 atom stereocenters. The number of carbonyl (C=O) groups excluding carboxylic acids is 1. The van der Waals surface area contributed by atoms with E-state index in [4.69, 9.17) is 4.98 Å². The number of aromatic nitrogens is 2. The molecule has 1 N–H and O–H groups in total. The summed E-state index contributed by atoms with van der Waals surface area (Å²) in [5.41, 5.74) is 3.39. The molecule has 9 heteroatoms. The molecule has 0 saturated carbocycles. The average Bonchev–Trinajstić information content (AvgIpc) is 3.48. The summed E-state index contributed by atoms with van der Waals surface area (Å²) < 4.78 is 16.8. The summed E-state index contributed by atoms with van der Waals surface area (Å²) in [6.07, 6.45) is 6.13. The maximum Gasteiger partial charge on any atom is 0.261 e. The largest absolute Gasteiger partial charge is 0.367 e. The number of hydrogen-bond donors (Lipinski definition) is 1. The van der Waals surface area contributed by atoms with Crippen LogP contribution >= 0.6 is 0 Å². The predicted octanol–water partition coefficient (Wildman–Crippen LogP) is 3.45. The predicted molar refractivity (Wildman–Crippen MR) is 157 cm³/mol. The molecule has 8 nitrogen and oxygen atoms in total. The van der Waals surface area contributed by atoms with E-state index < -0.39 is 0 Å². The van der Waals surface area contributed by atoms with Crippen LogP contribution in [0.1, 0.15) is 47.4 Å². The number of nitrogens with one attached hydrogen (secondary N) is 1. The lowest BCUT2D eigenvalue weighted by molar-refractivity contribution is 0.0949. The first kappa shape index (κ1) is 26.7. The van der Waals surface area contributed by atoms with Crippen molar-refractivity contribution in [1.82, 2.24) is 24.7 Å². The highest BCUT2D eigenvalue weighted by atomic mass is 19.1. The first-order valence-electron chi connectivity index (χ1n) is 14.5. The lowest BCUT2D eigenvalue weighted by Gasteiger charge is -2.34. The van der Waals surface area contributed by atoms with Gasteiger partial charge in [-0.05, 0) is 87.3 Å². The number of likely N-dealkylation sites (tertiary alicyclic amines) is 1. The molecular weight excluding hydrogens is 507 g/mol. The van der Waals surface area contributed by atoms with E-state index in [0.717, 1.165) is 69.8 Å². The molecule has 3 aromatic rings. The Balaban J connectivity index is 1.23. The molecule has 3 aliphatic heterocycles. The van der Waals surface area contributed by atoms with Crippen molar-refractivity contribution < 1.29 is 9.18 Å². The number of anilines is 1. The zero-order chi connectivity index (χ0) is 27.6. The third-order valence-electron chi connectivity index (χ3n) is 8.41. The number of nitrogens with zero attached hydrogens (tertiary/aromatic N) is 5. The third-order valence-corrected chi connectivity index (χ3v) is 8.41. The number of carbonyl (C=O) groups is 1. The zero-order valence-corrected chi connectivity index (χ0v) is 23.2. The number of benzene rings is 2. The SMILES string of the molecule is CN1CCN(c2cc3nc4n(c(=O)c3cc2F)CCC/C4=C\c2ccc(C(=O)NCCN3CCCC3)cc2)CC1. The zero-order valence-electron chi connectivity index (χ0n) is 23.2. The first-order valence-corrected chi connectivity index (χ1v) is 14.5. The van der Waals surface area contributed by atoms with Crippen molar-refractivity contribution in [2.75, 3.05) is 64.3 Å². The second-order valence-corrected chi connectivity index (χ2v) is 11.2. The fraction of sp³-hybridized carbons (Fsp3) is 0.452. The summed E-state index contributed by atoms with van der Waals surface area (Å²) in [4.78, 5) is 37.5. The smallest absolute Gasteiger partial charge is 0.261 e. The fourth-order valence-electron chi connectivity index (χ4n) is 6.02. The molecule has 1 amide bonds. The van der Waals surface area contributed by atoms with Crippen molar-refractivity contribution >= 4 is 34.1 Å². The number of allylic oxidation sites excluding steroid dienone is 1. The highest BCUT2D eigenvalue weighted by Crippen LogP contribution is 2.30. The van der Waals surface area contributed by atoms with E-state index >= 15 is 4.39 Å². The van der Waals surface area contributed by atoms with Gasteiger partial charge in [0, 0.05) is 51.4 Å². The van der Waals surface area contributed by atoms with E-state index in [1.54, 1.807) is 10.6 Å². The Morgan fingerprint density at radius 3 is 2.50 bits per heavy atom. The number of fused-ring (bicyclic) bond motifs is 2. The van der Waals surface area contributed by atoms with Crippen LogP contribution in [0.25, 0.3) is 22.6 Å². The molecule has 0 radical (unpaired) electrons. The van der Waals surface area contributed by atoms with Crippen molar-refractivity contribution in [3.8, 4) is 0 Å². The minimum absolute atomic E-state index is 0.0653. The molecule has 2 saturated heterocycles. The van der Waals surface area contributed by atoms with Gasteiger partial charge >= 0.3 is 0 Å². The lowest BCUT2D eigenvalue weighted by Crippen LogP contribution is -2.44. The van der Waals surface area contributed by atoms with E-state index in [2.05, 4.69) is 22.2 Å². The normalized spacial score (nSPS) is 19.4. The highest BCUT2D eigenvalue weighted by molar-refractivity contribution is 5.94. The third kappa shape index (κ3) is 5.53. The van der Waals surface area contributed by atoms with Crippen LogP contribution in [0.4, 0.5) is 10.1 Å². The van der Waals surface area contributed by atoms with Crippen molar-refractivity contribution in [3.05, 3.63) is 69.5 Å². The Hall–Kier alpha value is -3.56. The fourth-order valence-corrected chi connectivity index (χ4v) is 6.02. The molecule has 0 aliphatic carbocycles. The Morgan fingerprint density at radius 1 is 1.00 bits per heavy atom. The molecule has 2 fully saturated rings. The Labute approximate surface area is 234 Å². The van der Waals surface area contributed by atoms with Crippen LogP contribution in [-0.2, 0) is 6.54 Å². The second-order valence-electron chi connectivity index (χ2n) is 11.2. The summed E-state index contributed by atoms with van der Waals surface area (Å²) in [5.74, 6) is 0.205. The van der Waals surface area contributed by atoms with Gasteiger partial charge in [0.2, 0.25) is 0 Å². The van der Waals surface area contributed by atoms with E-state index in [1.165, 1.54) is 18.9 Å². The van der Waals surface area contributed by atoms with Crippen LogP contribution in [0, 0.1) is 5.82 Å². The molecule has 0 bridgehead atoms. The molecule has 4 heterocycles. The second kappa shape index (κ2) is 11.5. The van der Waals surface area contributed by atoms with Gasteiger partial charge in [-0.1, -0.05) is 12.1 Å². The number of amides is 1. The number of halogens is 1. The summed E-state index contributed by atoms with van der Waals surface area (Å²) in [7, 11) is 2.06. The molecule has 210 valence electrons. The first-order chi connectivity index (χ1) is 19.5. The number of rotatable bonds is 6. The standard InChI is InChI=1S/C31H37FN6O2/c1-35-15-17-37(18-16-35)28-21-27-25(20-26(28)32)31(40)38-13-4-5-24(29(38)34-27)19-22-6-8-23(9-7-22)30(39)33-10-14-36-11-2-3-12-36/h6-9,19-21H,2-5,10-18H2,1H3,(H,33,39)/b24-19+. The van der Waals surface area contributed by atoms with Gasteiger partial charge in [-0.2, -0.15) is 0 Å². The van der Waals surface area contributed by atoms with Crippen LogP contribution in [0.3, 0.4) is 0 Å². The van der Waals surface area contributed by atoms with Crippen LogP contribution in [0.15, 0.2) is 41.2 Å². The van der Waals surface area contributed by atoms with Gasteiger partial charge in [-0.3, -0.25) is 14.2 Å². The van der Waals surface area contributed by atoms with Gasteiger partial charge in [0.25, 0.3) is 11.5 Å². The van der Waals surface area contributed by atoms with E-state index in [9.17, 15) is 9.59 Å². The Kier molecular flexibility index (Phi) is 7.67. The van der Waals surface area contributed by atoms with E-state index in [0.29, 0.717) is 41.1 Å². The van der Waals surface area contributed by atoms with E-state index in [-0.39, 0.29) is 17.3 Å². The molecule has 6 rings (SSSR count). The highest BCUT2D eigenvalue weighted by Gasteiger charge is 2.23. The van der Waals surface area contributed by atoms with Crippen molar-refractivity contribution in [2.24, 2.45) is 0 Å². The number of hydrogen-bond acceptors (Lipinski definition) is 6. The summed E-state index contributed by atoms with van der Waals surface area (Å²) in [6.45, 7) is 7.54. The molecular formula is C31H37FN6O2. The van der Waals surface area contributed by atoms with E-state index in [1.807, 2.05) is 35.2 Å². The summed E-state index contributed by atoms with van der Waals surface area (Å²) in [5, 5.41) is 3.34. The topological polar surface area (TPSA) is 73.7 Å². The molecule has 2 aromatic carbocycles. The van der Waals surface area contributed by atoms with Crippen LogP contribution < -0.4 is 15.8 Å². The molecule has 40 heavy (non-hydrogen) atoms. The number of piperazine rings is 1. The van der Waals surface area contributed by atoms with Crippen molar-refractivity contribution in [3.63, 3.8) is 0 Å². The van der Waals surface area contributed by atoms with Crippen LogP contribution in [-0.4, -0.2) is 84.7 Å². The van der Waals surface area contributed by atoms with Gasteiger partial charge in [0.1, 0.15) is 11.6 Å². The van der Waals surface area contributed by atoms with Gasteiger partial charge in [0.15, 0.2) is 0 Å². The maximum absolute atomic E-state index is 15.1. The molecule has 1 aromatic heterocycles.